The predicted octanol–water partition coefficient (Wildman–Crippen LogP) is 3.89. The van der Waals surface area contributed by atoms with Gasteiger partial charge < -0.3 is 34.1 Å². The van der Waals surface area contributed by atoms with E-state index >= 15 is 0 Å². The maximum atomic E-state index is 13.4. The van der Waals surface area contributed by atoms with Gasteiger partial charge in [-0.1, -0.05) is 16.0 Å². The van der Waals surface area contributed by atoms with Gasteiger partial charge in [0.1, 0.15) is 12.2 Å². The molecule has 2 bridgehead atoms. The zero-order chi connectivity index (χ0) is 34.9. The Morgan fingerprint density at radius 1 is 1.04 bits per heavy atom. The Balaban J connectivity index is 1.07. The molecule has 3 aliphatic rings. The van der Waals surface area contributed by atoms with Crippen molar-refractivity contribution >= 4 is 33.8 Å². The number of amides is 1. The number of ether oxygens (including phenoxy) is 2. The number of nitrogens with zero attached hydrogens (tertiary/aromatic N) is 7. The Labute approximate surface area is 286 Å². The molecule has 0 aliphatic carbocycles. The number of nitrogen functional groups attached to an aromatic ring is 1. The van der Waals surface area contributed by atoms with Crippen LogP contribution in [0.3, 0.4) is 0 Å². The molecule has 0 saturated carbocycles. The quantitative estimate of drug-likeness (QED) is 0.322. The molecule has 49 heavy (non-hydrogen) atoms. The van der Waals surface area contributed by atoms with E-state index in [2.05, 4.69) is 41.0 Å². The molecule has 14 nitrogen and oxygen atoms in total. The lowest BCUT2D eigenvalue weighted by atomic mass is 10.1. The molecule has 0 spiro atoms. The van der Waals surface area contributed by atoms with E-state index in [1.807, 2.05) is 32.9 Å². The van der Waals surface area contributed by atoms with Gasteiger partial charge in [-0.2, -0.15) is 8.42 Å². The molecule has 2 N–H and O–H groups in total. The van der Waals surface area contributed by atoms with Crippen LogP contribution < -0.4 is 24.5 Å². The van der Waals surface area contributed by atoms with Crippen molar-refractivity contribution in [2.75, 3.05) is 61.4 Å². The number of halogens is 1. The molecular weight excluding hydrogens is 655 g/mol. The Bertz CT molecular complexity index is 1760. The fourth-order valence-corrected chi connectivity index (χ4v) is 7.24. The van der Waals surface area contributed by atoms with Gasteiger partial charge >= 0.3 is 16.6 Å². The van der Waals surface area contributed by atoms with Gasteiger partial charge in [0.2, 0.25) is 5.88 Å². The highest BCUT2D eigenvalue weighted by Gasteiger charge is 2.41. The summed E-state index contributed by atoms with van der Waals surface area (Å²) in [6, 6.07) is 12.4. The van der Waals surface area contributed by atoms with Crippen LogP contribution in [0.5, 0.6) is 11.6 Å². The fraction of sp³-hybridized carbons (Fsp3) is 0.515. The molecule has 2 unspecified atom stereocenters. The van der Waals surface area contributed by atoms with Gasteiger partial charge in [-0.25, -0.2) is 9.78 Å². The van der Waals surface area contributed by atoms with Crippen molar-refractivity contribution in [1.29, 1.82) is 0 Å². The van der Waals surface area contributed by atoms with Gasteiger partial charge in [0.15, 0.2) is 11.6 Å². The summed E-state index contributed by atoms with van der Waals surface area (Å²) in [4.78, 5) is 25.6. The molecule has 3 atom stereocenters. The highest BCUT2D eigenvalue weighted by atomic mass is 32.3. The van der Waals surface area contributed by atoms with Crippen molar-refractivity contribution in [3.8, 4) is 22.9 Å². The van der Waals surface area contributed by atoms with Gasteiger partial charge in [0, 0.05) is 80.9 Å². The summed E-state index contributed by atoms with van der Waals surface area (Å²) in [6.45, 7) is 12.2. The molecule has 1 amide bonds. The van der Waals surface area contributed by atoms with Crippen molar-refractivity contribution in [2.24, 2.45) is 0 Å². The number of hydrogen-bond acceptors (Lipinski definition) is 13. The number of piperazine rings is 2. The van der Waals surface area contributed by atoms with Crippen LogP contribution in [0.1, 0.15) is 40.5 Å². The molecular formula is C33H43FN8O6S. The standard InChI is InChI=1S/C33H43FN8O6S/c1-22-19-40(32(43)47-33(2,3)4)14-13-39(22)15-16-46-30-17-23(11-12-36-30)42-24-9-10-25(42)21-41(20-24)28-18-27(37-38-31(28)35)26-7-5-6-8-29(26)48-49(34,44)45/h5-8,11-12,17-18,22,24-25H,9-10,13-16,19-21H2,1-4H3,(H2,35,38)/t22-,24?,25?/m1/s1. The van der Waals surface area contributed by atoms with Crippen LogP contribution in [-0.4, -0.2) is 109 Å². The minimum Gasteiger partial charge on any atom is -0.476 e. The van der Waals surface area contributed by atoms with Crippen LogP contribution >= 0.6 is 0 Å². The number of benzene rings is 1. The lowest BCUT2D eigenvalue weighted by Gasteiger charge is -2.43. The zero-order valence-corrected chi connectivity index (χ0v) is 29.0. The van der Waals surface area contributed by atoms with E-state index in [-0.39, 0.29) is 41.3 Å². The van der Waals surface area contributed by atoms with Crippen LogP contribution in [0.25, 0.3) is 11.3 Å². The van der Waals surface area contributed by atoms with Crippen molar-refractivity contribution in [1.82, 2.24) is 25.0 Å². The average molecular weight is 699 g/mol. The highest BCUT2D eigenvalue weighted by molar-refractivity contribution is 7.81. The van der Waals surface area contributed by atoms with E-state index in [1.165, 1.54) is 6.07 Å². The molecule has 5 heterocycles. The fourth-order valence-electron chi connectivity index (χ4n) is 6.88. The number of para-hydroxylation sites is 1. The lowest BCUT2D eigenvalue weighted by Crippen LogP contribution is -2.55. The van der Waals surface area contributed by atoms with E-state index in [0.717, 1.165) is 25.1 Å². The third kappa shape index (κ3) is 8.24. The molecule has 6 rings (SSSR count). The first-order chi connectivity index (χ1) is 23.2. The topological polar surface area (TPSA) is 157 Å². The maximum absolute atomic E-state index is 13.4. The molecule has 264 valence electrons. The second-order valence-corrected chi connectivity index (χ2v) is 14.6. The van der Waals surface area contributed by atoms with Crippen LogP contribution in [0, 0.1) is 0 Å². The number of pyridine rings is 1. The first kappa shape index (κ1) is 34.4. The van der Waals surface area contributed by atoms with Crippen LogP contribution in [0.4, 0.5) is 25.9 Å². The Hall–Kier alpha value is -4.44. The van der Waals surface area contributed by atoms with Gasteiger partial charge in [-0.05, 0) is 64.8 Å². The number of anilines is 3. The number of fused-ring (bicyclic) bond motifs is 2. The van der Waals surface area contributed by atoms with Gasteiger partial charge in [0.05, 0.1) is 11.4 Å². The first-order valence-corrected chi connectivity index (χ1v) is 17.8. The number of carbonyl (C=O) groups is 1. The second kappa shape index (κ2) is 13.8. The molecule has 1 aromatic carbocycles. The largest absolute Gasteiger partial charge is 0.488 e. The van der Waals surface area contributed by atoms with E-state index in [1.54, 1.807) is 35.4 Å². The van der Waals surface area contributed by atoms with Crippen molar-refractivity contribution < 1.29 is 30.8 Å². The molecule has 3 fully saturated rings. The van der Waals surface area contributed by atoms with E-state index in [0.29, 0.717) is 56.6 Å². The molecule has 0 radical (unpaired) electrons. The number of nitrogens with two attached hydrogens (primary N) is 1. The Morgan fingerprint density at radius 3 is 2.47 bits per heavy atom. The maximum Gasteiger partial charge on any atom is 0.488 e. The normalized spacial score (nSPS) is 21.5. The summed E-state index contributed by atoms with van der Waals surface area (Å²) in [5.74, 6) is 0.613. The van der Waals surface area contributed by atoms with E-state index in [9.17, 15) is 17.1 Å². The summed E-state index contributed by atoms with van der Waals surface area (Å²) in [5.41, 5.74) is 8.07. The Kier molecular flexibility index (Phi) is 9.71. The highest BCUT2D eigenvalue weighted by Crippen LogP contribution is 2.39. The number of aromatic nitrogens is 3. The SMILES string of the molecule is C[C@@H]1CN(C(=O)OC(C)(C)C)CCN1CCOc1cc(N2C3CCC2CN(c2cc(-c4ccccc4OS(=O)(=O)F)nnc2N)C3)ccn1. The minimum atomic E-state index is -5.23. The van der Waals surface area contributed by atoms with Crippen molar-refractivity contribution in [3.05, 3.63) is 48.7 Å². The summed E-state index contributed by atoms with van der Waals surface area (Å²) in [5, 5.41) is 8.29. The van der Waals surface area contributed by atoms with E-state index in [4.69, 9.17) is 15.2 Å². The predicted molar refractivity (Wildman–Crippen MR) is 183 cm³/mol. The van der Waals surface area contributed by atoms with Gasteiger partial charge in [0.25, 0.3) is 0 Å². The van der Waals surface area contributed by atoms with Crippen molar-refractivity contribution in [3.63, 3.8) is 0 Å². The zero-order valence-electron chi connectivity index (χ0n) is 28.2. The van der Waals surface area contributed by atoms with Crippen LogP contribution in [0.15, 0.2) is 48.7 Å². The number of carbonyl (C=O) groups excluding carboxylic acids is 1. The smallest absolute Gasteiger partial charge is 0.476 e. The lowest BCUT2D eigenvalue weighted by molar-refractivity contribution is 0.00423. The van der Waals surface area contributed by atoms with Gasteiger partial charge in [-0.3, -0.25) is 4.90 Å². The molecule has 16 heteroatoms. The Morgan fingerprint density at radius 2 is 1.78 bits per heavy atom. The minimum absolute atomic E-state index is 0.172. The number of rotatable bonds is 9. The molecule has 3 aliphatic heterocycles. The third-order valence-corrected chi connectivity index (χ3v) is 9.42. The molecule has 3 aromatic rings. The van der Waals surface area contributed by atoms with E-state index < -0.39 is 16.1 Å². The summed E-state index contributed by atoms with van der Waals surface area (Å²) in [7, 11) is -5.23. The summed E-state index contributed by atoms with van der Waals surface area (Å²) >= 11 is 0. The van der Waals surface area contributed by atoms with Gasteiger partial charge in [-0.15, -0.1) is 10.2 Å². The summed E-state index contributed by atoms with van der Waals surface area (Å²) in [6.07, 6.45) is 3.47. The average Bonchev–Trinajstić information content (AvgIpc) is 3.30. The third-order valence-electron chi connectivity index (χ3n) is 9.04. The molecule has 3 saturated heterocycles. The summed E-state index contributed by atoms with van der Waals surface area (Å²) < 4.78 is 52.0. The van der Waals surface area contributed by atoms with Crippen LogP contribution in [0.2, 0.25) is 0 Å². The monoisotopic (exact) mass is 698 g/mol. The van der Waals surface area contributed by atoms with Crippen molar-refractivity contribution in [2.45, 2.75) is 64.3 Å². The second-order valence-electron chi connectivity index (χ2n) is 13.7. The number of hydrogen-bond donors (Lipinski definition) is 1. The van der Waals surface area contributed by atoms with Crippen LogP contribution in [-0.2, 0) is 15.2 Å². The molecule has 2 aromatic heterocycles. The first-order valence-electron chi connectivity index (χ1n) is 16.4.